The molecule has 0 saturated heterocycles. The topological polar surface area (TPSA) is 118 Å². The maximum absolute atomic E-state index is 11.7. The standard InChI is InChI=1S/C8H8N4O4S/c13-5-6-1-2-7(16-6)17(14,15)12-8-9-3-4-10-11-8/h1-4,13H,5H2,(H,9,11,12). The molecule has 9 heteroatoms. The van der Waals surface area contributed by atoms with Crippen LogP contribution in [0, 0.1) is 0 Å². The van der Waals surface area contributed by atoms with Gasteiger partial charge in [-0.3, -0.25) is 0 Å². The number of nitrogens with one attached hydrogen (secondary N) is 1. The molecule has 0 amide bonds. The van der Waals surface area contributed by atoms with E-state index in [-0.39, 0.29) is 23.4 Å². The van der Waals surface area contributed by atoms with Gasteiger partial charge in [-0.05, 0) is 12.1 Å². The Morgan fingerprint density at radius 1 is 1.35 bits per heavy atom. The Morgan fingerprint density at radius 3 is 2.76 bits per heavy atom. The average molecular weight is 256 g/mol. The minimum Gasteiger partial charge on any atom is -0.445 e. The highest BCUT2D eigenvalue weighted by molar-refractivity contribution is 7.92. The van der Waals surface area contributed by atoms with Crippen molar-refractivity contribution < 1.29 is 17.9 Å². The minimum atomic E-state index is -3.90. The van der Waals surface area contributed by atoms with E-state index in [1.165, 1.54) is 24.5 Å². The highest BCUT2D eigenvalue weighted by atomic mass is 32.2. The first-order valence-electron chi connectivity index (χ1n) is 4.48. The molecule has 0 unspecified atom stereocenters. The summed E-state index contributed by atoms with van der Waals surface area (Å²) >= 11 is 0. The predicted octanol–water partition coefficient (Wildman–Crippen LogP) is -0.242. The largest absolute Gasteiger partial charge is 0.445 e. The van der Waals surface area contributed by atoms with Gasteiger partial charge in [-0.25, -0.2) is 9.71 Å². The second-order valence-corrected chi connectivity index (χ2v) is 4.56. The van der Waals surface area contributed by atoms with Crippen LogP contribution in [0.25, 0.3) is 0 Å². The Morgan fingerprint density at radius 2 is 2.18 bits per heavy atom. The summed E-state index contributed by atoms with van der Waals surface area (Å²) < 4.78 is 30.5. The number of hydrogen-bond acceptors (Lipinski definition) is 7. The number of nitrogens with zero attached hydrogens (tertiary/aromatic N) is 3. The molecule has 2 aromatic heterocycles. The number of aliphatic hydroxyl groups is 1. The van der Waals surface area contributed by atoms with Crippen molar-refractivity contribution in [1.82, 2.24) is 15.2 Å². The fourth-order valence-corrected chi connectivity index (χ4v) is 1.95. The van der Waals surface area contributed by atoms with Crippen LogP contribution in [0.1, 0.15) is 5.76 Å². The number of aromatic nitrogens is 3. The molecule has 90 valence electrons. The van der Waals surface area contributed by atoms with Crippen LogP contribution < -0.4 is 4.72 Å². The van der Waals surface area contributed by atoms with Crippen LogP contribution in [0.2, 0.25) is 0 Å². The Labute approximate surface area is 96.4 Å². The zero-order valence-corrected chi connectivity index (χ0v) is 9.25. The molecular weight excluding hydrogens is 248 g/mol. The van der Waals surface area contributed by atoms with Gasteiger partial charge in [-0.1, -0.05) is 0 Å². The molecule has 0 bridgehead atoms. The second-order valence-electron chi connectivity index (χ2n) is 2.95. The smallest absolute Gasteiger partial charge is 0.297 e. The number of sulfonamides is 1. The number of furan rings is 1. The molecule has 2 rings (SSSR count). The van der Waals surface area contributed by atoms with Crippen LogP contribution in [0.5, 0.6) is 0 Å². The van der Waals surface area contributed by atoms with E-state index in [0.29, 0.717) is 0 Å². The molecule has 0 saturated carbocycles. The third-order valence-electron chi connectivity index (χ3n) is 1.77. The van der Waals surface area contributed by atoms with E-state index in [4.69, 9.17) is 9.52 Å². The summed E-state index contributed by atoms with van der Waals surface area (Å²) in [6.07, 6.45) is 2.61. The van der Waals surface area contributed by atoms with Gasteiger partial charge in [0.25, 0.3) is 16.0 Å². The van der Waals surface area contributed by atoms with Crippen LogP contribution in [-0.2, 0) is 16.6 Å². The fraction of sp³-hybridized carbons (Fsp3) is 0.125. The van der Waals surface area contributed by atoms with E-state index in [0.717, 1.165) is 0 Å². The monoisotopic (exact) mass is 256 g/mol. The SMILES string of the molecule is O=S(=O)(Nc1nccnn1)c1ccc(CO)o1. The third kappa shape index (κ3) is 2.57. The van der Waals surface area contributed by atoms with E-state index >= 15 is 0 Å². The van der Waals surface area contributed by atoms with Crippen molar-refractivity contribution in [2.24, 2.45) is 0 Å². The summed E-state index contributed by atoms with van der Waals surface area (Å²) in [6.45, 7) is -0.376. The van der Waals surface area contributed by atoms with E-state index < -0.39 is 10.0 Å². The van der Waals surface area contributed by atoms with Gasteiger partial charge in [0.1, 0.15) is 12.4 Å². The number of hydrogen-bond donors (Lipinski definition) is 2. The van der Waals surface area contributed by atoms with Gasteiger partial charge in [-0.2, -0.15) is 13.5 Å². The lowest BCUT2D eigenvalue weighted by Crippen LogP contribution is -2.14. The van der Waals surface area contributed by atoms with E-state index in [1.54, 1.807) is 0 Å². The number of aliphatic hydroxyl groups excluding tert-OH is 1. The number of anilines is 1. The maximum atomic E-state index is 11.7. The maximum Gasteiger partial charge on any atom is 0.297 e. The second kappa shape index (κ2) is 4.47. The lowest BCUT2D eigenvalue weighted by atomic mass is 10.5. The lowest BCUT2D eigenvalue weighted by Gasteiger charge is -2.01. The van der Waals surface area contributed by atoms with Crippen molar-refractivity contribution in [2.45, 2.75) is 11.7 Å². The van der Waals surface area contributed by atoms with Crippen molar-refractivity contribution in [3.63, 3.8) is 0 Å². The highest BCUT2D eigenvalue weighted by Crippen LogP contribution is 2.15. The highest BCUT2D eigenvalue weighted by Gasteiger charge is 2.19. The van der Waals surface area contributed by atoms with Crippen LogP contribution in [-0.4, -0.2) is 28.7 Å². The van der Waals surface area contributed by atoms with Crippen LogP contribution in [0.3, 0.4) is 0 Å². The molecule has 0 fully saturated rings. The van der Waals surface area contributed by atoms with Crippen molar-refractivity contribution in [3.8, 4) is 0 Å². The van der Waals surface area contributed by atoms with E-state index in [2.05, 4.69) is 19.9 Å². The van der Waals surface area contributed by atoms with Crippen LogP contribution >= 0.6 is 0 Å². The minimum absolute atomic E-state index is 0.150. The summed E-state index contributed by atoms with van der Waals surface area (Å²) in [6, 6.07) is 2.59. The van der Waals surface area contributed by atoms with Gasteiger partial charge in [0, 0.05) is 0 Å². The number of rotatable bonds is 4. The third-order valence-corrected chi connectivity index (χ3v) is 2.97. The summed E-state index contributed by atoms with van der Waals surface area (Å²) in [5.74, 6) is -0.00747. The molecule has 0 atom stereocenters. The zero-order chi connectivity index (χ0) is 12.3. The Bertz CT molecular complexity index is 595. The van der Waals surface area contributed by atoms with Gasteiger partial charge in [0.2, 0.25) is 5.09 Å². The Kier molecular flexibility index (Phi) is 3.02. The first-order chi connectivity index (χ1) is 8.12. The molecule has 0 aromatic carbocycles. The summed E-state index contributed by atoms with van der Waals surface area (Å²) in [7, 11) is -3.90. The first kappa shape index (κ1) is 11.5. The molecule has 0 aliphatic carbocycles. The predicted molar refractivity (Wildman–Crippen MR) is 55.3 cm³/mol. The van der Waals surface area contributed by atoms with Crippen molar-refractivity contribution in [1.29, 1.82) is 0 Å². The Hall–Kier alpha value is -2.00. The van der Waals surface area contributed by atoms with Gasteiger partial charge in [0.05, 0.1) is 12.4 Å². The molecule has 17 heavy (non-hydrogen) atoms. The molecule has 0 radical (unpaired) electrons. The molecule has 2 heterocycles. The molecule has 2 N–H and O–H groups in total. The molecular formula is C8H8N4O4S. The van der Waals surface area contributed by atoms with Crippen LogP contribution in [0.15, 0.2) is 34.0 Å². The average Bonchev–Trinajstić information content (AvgIpc) is 2.79. The van der Waals surface area contributed by atoms with Gasteiger partial charge < -0.3 is 9.52 Å². The van der Waals surface area contributed by atoms with Crippen LogP contribution in [0.4, 0.5) is 5.95 Å². The summed E-state index contributed by atoms with van der Waals surface area (Å²) in [5, 5.41) is 15.4. The molecule has 2 aromatic rings. The van der Waals surface area contributed by atoms with Gasteiger partial charge in [-0.15, -0.1) is 5.10 Å². The molecule has 0 aliphatic heterocycles. The fourth-order valence-electron chi connectivity index (χ4n) is 1.05. The lowest BCUT2D eigenvalue weighted by molar-refractivity contribution is 0.236. The van der Waals surface area contributed by atoms with Crippen molar-refractivity contribution >= 4 is 16.0 Å². The normalized spacial score (nSPS) is 11.4. The van der Waals surface area contributed by atoms with E-state index in [9.17, 15) is 8.42 Å². The summed E-state index contributed by atoms with van der Waals surface area (Å²) in [4.78, 5) is 3.66. The first-order valence-corrected chi connectivity index (χ1v) is 5.96. The summed E-state index contributed by atoms with van der Waals surface area (Å²) in [5.41, 5.74) is 0. The van der Waals surface area contributed by atoms with Crippen molar-refractivity contribution in [2.75, 3.05) is 4.72 Å². The van der Waals surface area contributed by atoms with Gasteiger partial charge in [0.15, 0.2) is 0 Å². The Balaban J connectivity index is 2.25. The quantitative estimate of drug-likeness (QED) is 0.774. The van der Waals surface area contributed by atoms with Gasteiger partial charge >= 0.3 is 0 Å². The molecule has 8 nitrogen and oxygen atoms in total. The zero-order valence-electron chi connectivity index (χ0n) is 8.44. The molecule has 0 spiro atoms. The van der Waals surface area contributed by atoms with E-state index in [1.807, 2.05) is 0 Å². The molecule has 0 aliphatic rings. The van der Waals surface area contributed by atoms with Crippen molar-refractivity contribution in [3.05, 3.63) is 30.3 Å².